The summed E-state index contributed by atoms with van der Waals surface area (Å²) >= 11 is 5.85. The lowest BCUT2D eigenvalue weighted by Gasteiger charge is -2.06. The summed E-state index contributed by atoms with van der Waals surface area (Å²) in [5.41, 5.74) is 4.98. The summed E-state index contributed by atoms with van der Waals surface area (Å²) in [6.07, 6.45) is 0.949. The Morgan fingerprint density at radius 1 is 1.43 bits per heavy atom. The molecule has 0 aromatic heterocycles. The quantitative estimate of drug-likeness (QED) is 0.761. The van der Waals surface area contributed by atoms with E-state index in [0.29, 0.717) is 30.2 Å². The number of ether oxygens (including phenoxy) is 1. The minimum absolute atomic E-state index is 0.312. The molecule has 0 aliphatic carbocycles. The lowest BCUT2D eigenvalue weighted by Crippen LogP contribution is -2.11. The fourth-order valence-corrected chi connectivity index (χ4v) is 1.18. The van der Waals surface area contributed by atoms with Gasteiger partial charge in [0, 0.05) is 6.42 Å². The highest BCUT2D eigenvalue weighted by Crippen LogP contribution is 2.23. The number of rotatable bonds is 5. The van der Waals surface area contributed by atoms with E-state index in [-0.39, 0.29) is 5.91 Å². The van der Waals surface area contributed by atoms with E-state index in [4.69, 9.17) is 22.1 Å². The molecule has 4 heteroatoms. The summed E-state index contributed by atoms with van der Waals surface area (Å²) in [5.74, 6) is 0.325. The van der Waals surface area contributed by atoms with Crippen LogP contribution >= 0.6 is 11.6 Å². The van der Waals surface area contributed by atoms with Gasteiger partial charge in [0.1, 0.15) is 5.75 Å². The van der Waals surface area contributed by atoms with Crippen molar-refractivity contribution in [3.05, 3.63) is 29.3 Å². The third kappa shape index (κ3) is 3.66. The molecule has 0 aliphatic rings. The summed E-state index contributed by atoms with van der Waals surface area (Å²) in [4.78, 5) is 10.4. The zero-order chi connectivity index (χ0) is 10.4. The Hall–Kier alpha value is -1.22. The summed E-state index contributed by atoms with van der Waals surface area (Å²) in [6.45, 7) is 0.451. The van der Waals surface area contributed by atoms with Gasteiger partial charge >= 0.3 is 0 Å². The summed E-state index contributed by atoms with van der Waals surface area (Å²) in [7, 11) is 0. The molecular weight excluding hydrogens is 202 g/mol. The molecule has 1 amide bonds. The van der Waals surface area contributed by atoms with Crippen molar-refractivity contribution >= 4 is 17.5 Å². The number of carbonyl (C=O) groups is 1. The van der Waals surface area contributed by atoms with Crippen LogP contribution in [0, 0.1) is 0 Å². The lowest BCUT2D eigenvalue weighted by atomic mass is 10.3. The first-order chi connectivity index (χ1) is 6.70. The van der Waals surface area contributed by atoms with Crippen LogP contribution in [0.4, 0.5) is 0 Å². The molecule has 76 valence electrons. The molecule has 0 unspecified atom stereocenters. The second-order valence-electron chi connectivity index (χ2n) is 2.85. The minimum atomic E-state index is -0.312. The number of hydrogen-bond donors (Lipinski definition) is 1. The van der Waals surface area contributed by atoms with Gasteiger partial charge in [-0.25, -0.2) is 0 Å². The number of halogens is 1. The van der Waals surface area contributed by atoms with Gasteiger partial charge in [-0.3, -0.25) is 4.79 Å². The van der Waals surface area contributed by atoms with E-state index in [1.807, 2.05) is 12.1 Å². The van der Waals surface area contributed by atoms with Crippen molar-refractivity contribution in [2.45, 2.75) is 12.8 Å². The van der Waals surface area contributed by atoms with Gasteiger partial charge in [-0.1, -0.05) is 23.7 Å². The zero-order valence-electron chi connectivity index (χ0n) is 7.70. The molecule has 0 saturated heterocycles. The predicted molar refractivity (Wildman–Crippen MR) is 55.4 cm³/mol. The Labute approximate surface area is 87.8 Å². The Morgan fingerprint density at radius 3 is 2.79 bits per heavy atom. The first-order valence-corrected chi connectivity index (χ1v) is 4.73. The Kier molecular flexibility index (Phi) is 4.26. The molecule has 14 heavy (non-hydrogen) atoms. The molecule has 0 aliphatic heterocycles. The number of primary amides is 1. The van der Waals surface area contributed by atoms with E-state index < -0.39 is 0 Å². The normalized spacial score (nSPS) is 9.79. The van der Waals surface area contributed by atoms with Crippen LogP contribution in [0.1, 0.15) is 12.8 Å². The van der Waals surface area contributed by atoms with Gasteiger partial charge in [0.05, 0.1) is 11.6 Å². The van der Waals surface area contributed by atoms with Crippen LogP contribution in [0.15, 0.2) is 24.3 Å². The van der Waals surface area contributed by atoms with Gasteiger partial charge < -0.3 is 10.5 Å². The molecule has 3 nitrogen and oxygen atoms in total. The topological polar surface area (TPSA) is 52.3 Å². The molecular formula is C10H12ClNO2. The van der Waals surface area contributed by atoms with E-state index >= 15 is 0 Å². The Balaban J connectivity index is 2.31. The fourth-order valence-electron chi connectivity index (χ4n) is 0.990. The third-order valence-electron chi connectivity index (χ3n) is 1.66. The largest absolute Gasteiger partial charge is 0.492 e. The van der Waals surface area contributed by atoms with E-state index in [2.05, 4.69) is 0 Å². The highest BCUT2D eigenvalue weighted by molar-refractivity contribution is 6.32. The maximum absolute atomic E-state index is 10.4. The molecule has 0 radical (unpaired) electrons. The zero-order valence-corrected chi connectivity index (χ0v) is 8.46. The van der Waals surface area contributed by atoms with E-state index in [9.17, 15) is 4.79 Å². The SMILES string of the molecule is NC(=O)CCCOc1ccccc1Cl. The average Bonchev–Trinajstić information content (AvgIpc) is 2.15. The van der Waals surface area contributed by atoms with Crippen molar-refractivity contribution in [3.8, 4) is 5.75 Å². The molecule has 0 heterocycles. The number of hydrogen-bond acceptors (Lipinski definition) is 2. The molecule has 1 aromatic carbocycles. The van der Waals surface area contributed by atoms with E-state index in [0.717, 1.165) is 0 Å². The van der Waals surface area contributed by atoms with Crippen molar-refractivity contribution in [2.75, 3.05) is 6.61 Å². The number of carbonyl (C=O) groups excluding carboxylic acids is 1. The molecule has 0 fully saturated rings. The van der Waals surface area contributed by atoms with Crippen LogP contribution in [0.2, 0.25) is 5.02 Å². The van der Waals surface area contributed by atoms with Gasteiger partial charge in [0.15, 0.2) is 0 Å². The molecule has 0 saturated carbocycles. The summed E-state index contributed by atoms with van der Waals surface area (Å²) in [5, 5.41) is 0.576. The Morgan fingerprint density at radius 2 is 2.14 bits per heavy atom. The highest BCUT2D eigenvalue weighted by Gasteiger charge is 1.99. The number of nitrogens with two attached hydrogens (primary N) is 1. The first kappa shape index (κ1) is 10.9. The molecule has 0 spiro atoms. The maximum Gasteiger partial charge on any atom is 0.217 e. The van der Waals surface area contributed by atoms with E-state index in [1.54, 1.807) is 12.1 Å². The molecule has 1 rings (SSSR count). The van der Waals surface area contributed by atoms with Crippen LogP contribution < -0.4 is 10.5 Å². The van der Waals surface area contributed by atoms with Crippen LogP contribution in [0.25, 0.3) is 0 Å². The molecule has 0 bridgehead atoms. The van der Waals surface area contributed by atoms with Gasteiger partial charge in [-0.15, -0.1) is 0 Å². The number of benzene rings is 1. The lowest BCUT2D eigenvalue weighted by molar-refractivity contribution is -0.118. The minimum Gasteiger partial charge on any atom is -0.492 e. The van der Waals surface area contributed by atoms with Crippen molar-refractivity contribution in [1.29, 1.82) is 0 Å². The summed E-state index contributed by atoms with van der Waals surface area (Å²) in [6, 6.07) is 7.21. The Bertz CT molecular complexity index is 315. The monoisotopic (exact) mass is 213 g/mol. The van der Waals surface area contributed by atoms with Crippen LogP contribution in [0.5, 0.6) is 5.75 Å². The molecule has 0 atom stereocenters. The maximum atomic E-state index is 10.4. The average molecular weight is 214 g/mol. The molecule has 2 N–H and O–H groups in total. The predicted octanol–water partition coefficient (Wildman–Crippen LogP) is 1.98. The number of amides is 1. The number of para-hydroxylation sites is 1. The first-order valence-electron chi connectivity index (χ1n) is 4.36. The summed E-state index contributed by atoms with van der Waals surface area (Å²) < 4.78 is 5.35. The van der Waals surface area contributed by atoms with Crippen LogP contribution in [-0.4, -0.2) is 12.5 Å². The van der Waals surface area contributed by atoms with Crippen LogP contribution in [-0.2, 0) is 4.79 Å². The van der Waals surface area contributed by atoms with Gasteiger partial charge in [-0.2, -0.15) is 0 Å². The van der Waals surface area contributed by atoms with Crippen LogP contribution in [0.3, 0.4) is 0 Å². The van der Waals surface area contributed by atoms with Crippen molar-refractivity contribution in [3.63, 3.8) is 0 Å². The van der Waals surface area contributed by atoms with Gasteiger partial charge in [-0.05, 0) is 18.6 Å². The molecule has 1 aromatic rings. The van der Waals surface area contributed by atoms with Crippen molar-refractivity contribution < 1.29 is 9.53 Å². The van der Waals surface area contributed by atoms with Gasteiger partial charge in [0.2, 0.25) is 5.91 Å². The second-order valence-corrected chi connectivity index (χ2v) is 3.26. The van der Waals surface area contributed by atoms with Gasteiger partial charge in [0.25, 0.3) is 0 Å². The van der Waals surface area contributed by atoms with Crippen molar-refractivity contribution in [1.82, 2.24) is 0 Å². The third-order valence-corrected chi connectivity index (χ3v) is 1.97. The fraction of sp³-hybridized carbons (Fsp3) is 0.300. The second kappa shape index (κ2) is 5.50. The smallest absolute Gasteiger partial charge is 0.217 e. The standard InChI is InChI=1S/C10H12ClNO2/c11-8-4-1-2-5-9(8)14-7-3-6-10(12)13/h1-2,4-5H,3,6-7H2,(H2,12,13). The van der Waals surface area contributed by atoms with Crippen molar-refractivity contribution in [2.24, 2.45) is 5.73 Å². The van der Waals surface area contributed by atoms with E-state index in [1.165, 1.54) is 0 Å². The highest BCUT2D eigenvalue weighted by atomic mass is 35.5.